The monoisotopic (exact) mass is 286 g/mol. The number of likely N-dealkylation sites (tertiary alicyclic amines) is 1. The number of nitrogens with one attached hydrogen (secondary N) is 1. The maximum atomic E-state index is 3.78. The molecule has 21 heavy (non-hydrogen) atoms. The largest absolute Gasteiger partial charge is 0.314 e. The molecule has 1 saturated heterocycles. The van der Waals surface area contributed by atoms with Crippen molar-refractivity contribution in [2.75, 3.05) is 20.1 Å². The molecule has 1 saturated carbocycles. The predicted molar refractivity (Wildman–Crippen MR) is 89.7 cm³/mol. The number of hydrogen-bond donors (Lipinski definition) is 1. The van der Waals surface area contributed by atoms with Gasteiger partial charge >= 0.3 is 0 Å². The molecular weight excluding hydrogens is 256 g/mol. The van der Waals surface area contributed by atoms with E-state index in [1.54, 1.807) is 0 Å². The van der Waals surface area contributed by atoms with E-state index in [1.807, 2.05) is 0 Å². The topological polar surface area (TPSA) is 15.3 Å². The Morgan fingerprint density at radius 1 is 1.05 bits per heavy atom. The van der Waals surface area contributed by atoms with Crippen molar-refractivity contribution in [3.8, 4) is 0 Å². The minimum Gasteiger partial charge on any atom is -0.314 e. The minimum absolute atomic E-state index is 0.581. The number of nitrogens with zero attached hydrogens (tertiary/aromatic N) is 1. The van der Waals surface area contributed by atoms with Crippen LogP contribution < -0.4 is 5.32 Å². The van der Waals surface area contributed by atoms with Gasteiger partial charge in [-0.1, -0.05) is 35.7 Å². The molecule has 2 aliphatic rings. The van der Waals surface area contributed by atoms with Gasteiger partial charge in [-0.3, -0.25) is 4.90 Å². The van der Waals surface area contributed by atoms with Crippen LogP contribution in [0.15, 0.2) is 18.2 Å². The third kappa shape index (κ3) is 3.87. The number of aryl methyl sites for hydroxylation is 2. The minimum atomic E-state index is 0.581. The lowest BCUT2D eigenvalue weighted by molar-refractivity contribution is 0.188. The fourth-order valence-electron chi connectivity index (χ4n) is 3.95. The van der Waals surface area contributed by atoms with Crippen LogP contribution in [0.2, 0.25) is 0 Å². The first kappa shape index (κ1) is 15.1. The highest BCUT2D eigenvalue weighted by molar-refractivity contribution is 5.31. The third-order valence-corrected chi connectivity index (χ3v) is 5.09. The van der Waals surface area contributed by atoms with Crippen molar-refractivity contribution in [2.24, 2.45) is 5.92 Å². The van der Waals surface area contributed by atoms with Gasteiger partial charge in [0.2, 0.25) is 0 Å². The van der Waals surface area contributed by atoms with Crippen LogP contribution in [0.1, 0.15) is 54.8 Å². The van der Waals surface area contributed by atoms with E-state index < -0.39 is 0 Å². The lowest BCUT2D eigenvalue weighted by atomic mass is 9.88. The molecule has 116 valence electrons. The maximum absolute atomic E-state index is 3.78. The lowest BCUT2D eigenvalue weighted by Crippen LogP contribution is -2.35. The van der Waals surface area contributed by atoms with E-state index in [4.69, 9.17) is 0 Å². The van der Waals surface area contributed by atoms with Gasteiger partial charge in [-0.05, 0) is 64.6 Å². The van der Waals surface area contributed by atoms with Gasteiger partial charge in [0.25, 0.3) is 0 Å². The molecular formula is C19H30N2. The van der Waals surface area contributed by atoms with Gasteiger partial charge in [-0.2, -0.15) is 0 Å². The summed E-state index contributed by atoms with van der Waals surface area (Å²) in [6, 6.07) is 8.50. The van der Waals surface area contributed by atoms with Gasteiger partial charge in [0, 0.05) is 18.6 Å². The summed E-state index contributed by atoms with van der Waals surface area (Å²) in [6.45, 7) is 6.87. The highest BCUT2D eigenvalue weighted by atomic mass is 15.1. The van der Waals surface area contributed by atoms with Crippen LogP contribution in [-0.2, 0) is 0 Å². The van der Waals surface area contributed by atoms with Gasteiger partial charge in [0.15, 0.2) is 0 Å². The van der Waals surface area contributed by atoms with E-state index in [0.717, 1.165) is 12.0 Å². The summed E-state index contributed by atoms with van der Waals surface area (Å²) in [6.07, 6.45) is 6.86. The van der Waals surface area contributed by atoms with E-state index in [9.17, 15) is 0 Å². The number of benzene rings is 1. The molecule has 0 radical (unpaired) electrons. The van der Waals surface area contributed by atoms with Crippen LogP contribution in [0, 0.1) is 19.8 Å². The van der Waals surface area contributed by atoms with Crippen molar-refractivity contribution >= 4 is 0 Å². The first-order valence-corrected chi connectivity index (χ1v) is 8.65. The van der Waals surface area contributed by atoms with E-state index in [-0.39, 0.29) is 0 Å². The standard InChI is InChI=1S/C19H30N2/c1-14-10-15(2)12-17(11-14)19-16(13-20-18-7-8-18)6-4-5-9-21(19)3/h10-12,16,18-20H,4-9,13H2,1-3H3. The Balaban J connectivity index is 1.83. The van der Waals surface area contributed by atoms with Crippen LogP contribution >= 0.6 is 0 Å². The zero-order valence-electron chi connectivity index (χ0n) is 13.9. The van der Waals surface area contributed by atoms with Crippen molar-refractivity contribution in [1.29, 1.82) is 0 Å². The fraction of sp³-hybridized carbons (Fsp3) is 0.684. The van der Waals surface area contributed by atoms with Gasteiger partial charge in [0.1, 0.15) is 0 Å². The van der Waals surface area contributed by atoms with Gasteiger partial charge in [-0.25, -0.2) is 0 Å². The molecule has 1 aromatic carbocycles. The van der Waals surface area contributed by atoms with Crippen molar-refractivity contribution in [2.45, 2.75) is 58.0 Å². The SMILES string of the molecule is Cc1cc(C)cc(C2C(CNC3CC3)CCCCN2C)c1. The van der Waals surface area contributed by atoms with E-state index in [1.165, 1.54) is 61.9 Å². The summed E-state index contributed by atoms with van der Waals surface area (Å²) in [5.74, 6) is 0.749. The van der Waals surface area contributed by atoms with Gasteiger partial charge in [-0.15, -0.1) is 0 Å². The summed E-state index contributed by atoms with van der Waals surface area (Å²) in [5.41, 5.74) is 4.33. The maximum Gasteiger partial charge on any atom is 0.0385 e. The average molecular weight is 286 g/mol. The molecule has 2 atom stereocenters. The molecule has 1 aromatic rings. The van der Waals surface area contributed by atoms with E-state index in [2.05, 4.69) is 49.3 Å². The average Bonchev–Trinajstić information content (AvgIpc) is 3.23. The molecule has 1 aliphatic heterocycles. The van der Waals surface area contributed by atoms with Crippen molar-refractivity contribution in [3.63, 3.8) is 0 Å². The van der Waals surface area contributed by atoms with Crippen LogP contribution in [-0.4, -0.2) is 31.1 Å². The Hall–Kier alpha value is -0.860. The fourth-order valence-corrected chi connectivity index (χ4v) is 3.95. The van der Waals surface area contributed by atoms with E-state index in [0.29, 0.717) is 6.04 Å². The third-order valence-electron chi connectivity index (χ3n) is 5.09. The normalized spacial score (nSPS) is 27.6. The Morgan fingerprint density at radius 3 is 2.43 bits per heavy atom. The second kappa shape index (κ2) is 6.50. The smallest absolute Gasteiger partial charge is 0.0385 e. The summed E-state index contributed by atoms with van der Waals surface area (Å²) in [5, 5.41) is 3.78. The zero-order chi connectivity index (χ0) is 14.8. The molecule has 0 bridgehead atoms. The van der Waals surface area contributed by atoms with E-state index >= 15 is 0 Å². The highest BCUT2D eigenvalue weighted by Crippen LogP contribution is 2.35. The Labute approximate surface area is 129 Å². The number of hydrogen-bond acceptors (Lipinski definition) is 2. The van der Waals surface area contributed by atoms with Gasteiger partial charge < -0.3 is 5.32 Å². The second-order valence-corrected chi connectivity index (χ2v) is 7.28. The molecule has 2 heteroatoms. The summed E-state index contributed by atoms with van der Waals surface area (Å²) < 4.78 is 0. The molecule has 0 amide bonds. The first-order valence-electron chi connectivity index (χ1n) is 8.65. The second-order valence-electron chi connectivity index (χ2n) is 7.28. The Bertz CT molecular complexity index is 458. The first-order chi connectivity index (χ1) is 10.1. The lowest BCUT2D eigenvalue weighted by Gasteiger charge is -2.33. The van der Waals surface area contributed by atoms with Gasteiger partial charge in [0.05, 0.1) is 0 Å². The van der Waals surface area contributed by atoms with Crippen molar-refractivity contribution in [1.82, 2.24) is 10.2 Å². The van der Waals surface area contributed by atoms with Crippen LogP contribution in [0.25, 0.3) is 0 Å². The zero-order valence-corrected chi connectivity index (χ0v) is 13.9. The molecule has 2 nitrogen and oxygen atoms in total. The van der Waals surface area contributed by atoms with Crippen LogP contribution in [0.4, 0.5) is 0 Å². The van der Waals surface area contributed by atoms with Crippen molar-refractivity contribution < 1.29 is 0 Å². The summed E-state index contributed by atoms with van der Waals surface area (Å²) >= 11 is 0. The highest BCUT2D eigenvalue weighted by Gasteiger charge is 2.31. The molecule has 1 aliphatic carbocycles. The molecule has 2 unspecified atom stereocenters. The Kier molecular flexibility index (Phi) is 4.66. The quantitative estimate of drug-likeness (QED) is 0.905. The summed E-state index contributed by atoms with van der Waals surface area (Å²) in [7, 11) is 2.32. The molecule has 0 aromatic heterocycles. The predicted octanol–water partition coefficient (Wildman–Crippen LogP) is 3.83. The Morgan fingerprint density at radius 2 is 1.76 bits per heavy atom. The molecule has 2 fully saturated rings. The molecule has 3 rings (SSSR count). The van der Waals surface area contributed by atoms with Crippen LogP contribution in [0.5, 0.6) is 0 Å². The van der Waals surface area contributed by atoms with Crippen LogP contribution in [0.3, 0.4) is 0 Å². The molecule has 1 heterocycles. The van der Waals surface area contributed by atoms with Crippen molar-refractivity contribution in [3.05, 3.63) is 34.9 Å². The number of rotatable bonds is 4. The molecule has 1 N–H and O–H groups in total. The molecule has 0 spiro atoms. The summed E-state index contributed by atoms with van der Waals surface area (Å²) in [4.78, 5) is 2.60.